The average molecular weight is 604 g/mol. The second-order valence-corrected chi connectivity index (χ2v) is 9.90. The Morgan fingerprint density at radius 3 is 2.62 bits per heavy atom. The van der Waals surface area contributed by atoms with Crippen molar-refractivity contribution in [1.82, 2.24) is 5.32 Å². The van der Waals surface area contributed by atoms with Crippen LogP contribution in [0.25, 0.3) is 16.3 Å². The fraction of sp³-hybridized carbons (Fsp3) is 0.231. The van der Waals surface area contributed by atoms with Gasteiger partial charge in [0.25, 0.3) is 5.01 Å². The van der Waals surface area contributed by atoms with E-state index in [9.17, 15) is 9.90 Å². The number of nitrogens with zero attached hydrogens (tertiary/aromatic N) is 2. The molecule has 0 unspecified atom stereocenters. The number of carbonyl (C=O) groups excluding carboxylic acids is 1. The van der Waals surface area contributed by atoms with Crippen LogP contribution >= 0.6 is 23.1 Å². The summed E-state index contributed by atoms with van der Waals surface area (Å²) in [7, 11) is 0. The fourth-order valence-corrected chi connectivity index (χ4v) is 6.66. The maximum Gasteiger partial charge on any atom is 0.263 e. The number of ketones is 1. The number of thiazole rings is 1. The third-order valence-corrected chi connectivity index (χ3v) is 8.11. The van der Waals surface area contributed by atoms with Gasteiger partial charge in [-0.15, -0.1) is 0 Å². The maximum atomic E-state index is 13.3. The zero-order valence-corrected chi connectivity index (χ0v) is 22.8. The molecule has 2 aliphatic rings. The predicted molar refractivity (Wildman–Crippen MR) is 136 cm³/mol. The summed E-state index contributed by atoms with van der Waals surface area (Å²) in [6.07, 6.45) is 3.98. The van der Waals surface area contributed by atoms with E-state index in [2.05, 4.69) is 52.9 Å². The quantitative estimate of drug-likeness (QED) is 0.244. The van der Waals surface area contributed by atoms with Crippen LogP contribution in [0.1, 0.15) is 18.9 Å². The molecular weight excluding hydrogens is 577 g/mol. The number of nitrogens with one attached hydrogen (secondary N) is 1. The molecular formula is C26H26IN3O2S2. The highest BCUT2D eigenvalue weighted by Crippen LogP contribution is 2.47. The molecule has 34 heavy (non-hydrogen) atoms. The van der Waals surface area contributed by atoms with Gasteiger partial charge in [-0.2, -0.15) is 4.57 Å². The predicted octanol–water partition coefficient (Wildman–Crippen LogP) is 1.49. The number of anilines is 1. The first-order valence-corrected chi connectivity index (χ1v) is 12.8. The molecule has 5 nitrogen and oxygen atoms in total. The Balaban J connectivity index is 0.00000274. The van der Waals surface area contributed by atoms with Gasteiger partial charge in [-0.1, -0.05) is 47.4 Å². The van der Waals surface area contributed by atoms with Crippen LogP contribution in [-0.2, 0) is 11.3 Å². The third-order valence-electron chi connectivity index (χ3n) is 5.88. The van der Waals surface area contributed by atoms with E-state index in [-0.39, 0.29) is 36.4 Å². The van der Waals surface area contributed by atoms with E-state index < -0.39 is 0 Å². The number of aromatic nitrogens is 1. The van der Waals surface area contributed by atoms with Gasteiger partial charge in [-0.05, 0) is 38.1 Å². The van der Waals surface area contributed by atoms with Crippen LogP contribution in [0.5, 0.6) is 0 Å². The molecule has 2 aromatic carbocycles. The van der Waals surface area contributed by atoms with Crippen molar-refractivity contribution in [2.75, 3.05) is 24.6 Å². The highest BCUT2D eigenvalue weighted by atomic mass is 127. The number of Topliss-reactive ketones (excluding diaryl/α,β-unsaturated/α-hetero) is 1. The van der Waals surface area contributed by atoms with Gasteiger partial charge >= 0.3 is 0 Å². The number of aliphatic hydroxyl groups excluding tert-OH is 1. The van der Waals surface area contributed by atoms with Gasteiger partial charge in [0.15, 0.2) is 5.78 Å². The van der Waals surface area contributed by atoms with E-state index in [0.717, 1.165) is 28.8 Å². The Bertz CT molecular complexity index is 1340. The van der Waals surface area contributed by atoms with Crippen LogP contribution in [0.15, 0.2) is 81.4 Å². The largest absolute Gasteiger partial charge is 1.00 e. The van der Waals surface area contributed by atoms with Crippen molar-refractivity contribution in [3.63, 3.8) is 0 Å². The maximum absolute atomic E-state index is 13.3. The van der Waals surface area contributed by atoms with E-state index in [1.54, 1.807) is 23.1 Å². The molecule has 0 atom stereocenters. The molecule has 0 radical (unpaired) electrons. The lowest BCUT2D eigenvalue weighted by Gasteiger charge is -2.26. The molecule has 5 rings (SSSR count). The lowest BCUT2D eigenvalue weighted by Crippen LogP contribution is -3.00. The van der Waals surface area contributed by atoms with Crippen LogP contribution in [-0.4, -0.2) is 30.6 Å². The number of para-hydroxylation sites is 2. The third kappa shape index (κ3) is 4.32. The van der Waals surface area contributed by atoms with Crippen molar-refractivity contribution < 1.29 is 38.4 Å². The average Bonchev–Trinajstić information content (AvgIpc) is 3.39. The SMILES string of the molecule is CCN1/C(=C/C2=C(NCCO)C(=C/c3sc4ccccc4[n+]3CC)/C2=O)Sc2ccccc21.[I-]. The van der Waals surface area contributed by atoms with Crippen molar-refractivity contribution in [3.8, 4) is 0 Å². The summed E-state index contributed by atoms with van der Waals surface area (Å²) in [6, 6.07) is 16.6. The van der Waals surface area contributed by atoms with Gasteiger partial charge in [-0.3, -0.25) is 4.79 Å². The minimum absolute atomic E-state index is 0. The number of hydrogen-bond donors (Lipinski definition) is 2. The molecule has 0 saturated carbocycles. The summed E-state index contributed by atoms with van der Waals surface area (Å²) in [6.45, 7) is 6.31. The van der Waals surface area contributed by atoms with Gasteiger partial charge in [0.2, 0.25) is 5.52 Å². The normalized spacial score (nSPS) is 17.4. The van der Waals surface area contributed by atoms with E-state index in [1.165, 1.54) is 20.8 Å². The number of aliphatic hydroxyl groups is 1. The first-order valence-electron chi connectivity index (χ1n) is 11.2. The number of allylic oxidation sites excluding steroid dienone is 3. The summed E-state index contributed by atoms with van der Waals surface area (Å²) in [5.74, 6) is 0.0376. The molecule has 0 spiro atoms. The number of rotatable bonds is 7. The van der Waals surface area contributed by atoms with E-state index in [0.29, 0.717) is 17.7 Å². The van der Waals surface area contributed by atoms with Crippen LogP contribution in [0.3, 0.4) is 0 Å². The molecule has 0 bridgehead atoms. The molecule has 2 N–H and O–H groups in total. The molecule has 0 fully saturated rings. The molecule has 176 valence electrons. The van der Waals surface area contributed by atoms with Gasteiger partial charge in [-0.25, -0.2) is 0 Å². The molecule has 1 aliphatic carbocycles. The standard InChI is InChI=1S/C26H25N3O2S2.HI/c1-3-28-19-9-5-7-11-21(19)32-23(28)15-17-25(27-13-14-30)18(26(17)31)16-24-29(4-2)20-10-6-8-12-22(20)33-24;/h5-12,15-16,30H,3-4,13-14H2,1-2H3;1H. The van der Waals surface area contributed by atoms with Crippen molar-refractivity contribution in [1.29, 1.82) is 0 Å². The Morgan fingerprint density at radius 1 is 1.09 bits per heavy atom. The zero-order chi connectivity index (χ0) is 22.9. The Labute approximate surface area is 224 Å². The summed E-state index contributed by atoms with van der Waals surface area (Å²) in [5.41, 5.74) is 4.52. The van der Waals surface area contributed by atoms with Gasteiger partial charge in [0.05, 0.1) is 28.6 Å². The fourth-order valence-electron chi connectivity index (χ4n) is 4.32. The van der Waals surface area contributed by atoms with Crippen molar-refractivity contribution in [2.45, 2.75) is 25.3 Å². The molecule has 0 saturated heterocycles. The zero-order valence-electron chi connectivity index (χ0n) is 19.0. The first kappa shape index (κ1) is 25.0. The van der Waals surface area contributed by atoms with Crippen LogP contribution < -0.4 is 38.8 Å². The molecule has 8 heteroatoms. The van der Waals surface area contributed by atoms with Crippen LogP contribution in [0.2, 0.25) is 0 Å². The lowest BCUT2D eigenvalue weighted by atomic mass is 9.85. The van der Waals surface area contributed by atoms with Crippen molar-refractivity contribution >= 4 is 50.9 Å². The molecule has 2 heterocycles. The van der Waals surface area contributed by atoms with Gasteiger partial charge in [0, 0.05) is 35.7 Å². The number of benzene rings is 2. The Morgan fingerprint density at radius 2 is 1.85 bits per heavy atom. The molecule has 0 amide bonds. The second kappa shape index (κ2) is 10.6. The Hall–Kier alpha value is -2.14. The highest BCUT2D eigenvalue weighted by Gasteiger charge is 2.35. The number of halogens is 1. The van der Waals surface area contributed by atoms with E-state index >= 15 is 0 Å². The Kier molecular flexibility index (Phi) is 7.81. The van der Waals surface area contributed by atoms with E-state index in [1.807, 2.05) is 36.4 Å². The number of thioether (sulfide) groups is 1. The lowest BCUT2D eigenvalue weighted by molar-refractivity contribution is -0.665. The topological polar surface area (TPSA) is 56.5 Å². The van der Waals surface area contributed by atoms with Crippen molar-refractivity contribution in [3.05, 3.63) is 81.5 Å². The number of hydrogen-bond acceptors (Lipinski definition) is 6. The first-order chi connectivity index (χ1) is 16.2. The number of aryl methyl sites for hydroxylation is 1. The summed E-state index contributed by atoms with van der Waals surface area (Å²) in [5, 5.41) is 14.8. The van der Waals surface area contributed by atoms with Gasteiger partial charge < -0.3 is 39.3 Å². The van der Waals surface area contributed by atoms with Crippen molar-refractivity contribution in [2.24, 2.45) is 0 Å². The monoisotopic (exact) mass is 603 g/mol. The number of fused-ring (bicyclic) bond motifs is 2. The van der Waals surface area contributed by atoms with Crippen LogP contribution in [0, 0.1) is 0 Å². The second-order valence-electron chi connectivity index (χ2n) is 7.78. The minimum Gasteiger partial charge on any atom is -1.00 e. The molecule has 3 aromatic rings. The molecule has 1 aromatic heterocycles. The summed E-state index contributed by atoms with van der Waals surface area (Å²) >= 11 is 3.38. The van der Waals surface area contributed by atoms with Crippen LogP contribution in [0.4, 0.5) is 5.69 Å². The van der Waals surface area contributed by atoms with E-state index in [4.69, 9.17) is 0 Å². The highest BCUT2D eigenvalue weighted by molar-refractivity contribution is 8.03. The number of carbonyl (C=O) groups is 1. The molecule has 1 aliphatic heterocycles. The van der Waals surface area contributed by atoms with Gasteiger partial charge in [0.1, 0.15) is 11.2 Å². The summed E-state index contributed by atoms with van der Waals surface area (Å²) < 4.78 is 3.44. The summed E-state index contributed by atoms with van der Waals surface area (Å²) in [4.78, 5) is 16.7. The smallest absolute Gasteiger partial charge is 0.263 e. The minimum atomic E-state index is 0.